The Hall–Kier alpha value is -2.82. The summed E-state index contributed by atoms with van der Waals surface area (Å²) < 4.78 is 1.82. The molecule has 2 heterocycles. The third-order valence-corrected chi connectivity index (χ3v) is 3.08. The van der Waals surface area contributed by atoms with Crippen LogP contribution in [-0.2, 0) is 0 Å². The number of amides is 1. The molecule has 0 aliphatic rings. The van der Waals surface area contributed by atoms with Gasteiger partial charge in [0.05, 0.1) is 23.7 Å². The molecule has 0 aliphatic heterocycles. The number of hydrogen-bond acceptors (Lipinski definition) is 3. The number of aryl methyl sites for hydroxylation is 1. The molecule has 5 nitrogen and oxygen atoms in total. The summed E-state index contributed by atoms with van der Waals surface area (Å²) in [7, 11) is 0. The van der Waals surface area contributed by atoms with Crippen LogP contribution in [0.4, 0.5) is 5.69 Å². The molecular formula is C15H13N3O2. The van der Waals surface area contributed by atoms with E-state index in [9.17, 15) is 9.90 Å². The van der Waals surface area contributed by atoms with Crippen LogP contribution in [0, 0.1) is 6.92 Å². The number of pyridine rings is 1. The lowest BCUT2D eigenvalue weighted by atomic mass is 10.2. The summed E-state index contributed by atoms with van der Waals surface area (Å²) in [5.74, 6) is -0.219. The van der Waals surface area contributed by atoms with Crippen LogP contribution in [0.25, 0.3) is 5.52 Å². The summed E-state index contributed by atoms with van der Waals surface area (Å²) in [6.45, 7) is 1.90. The van der Waals surface area contributed by atoms with Gasteiger partial charge in [-0.3, -0.25) is 4.79 Å². The predicted octanol–water partition coefficient (Wildman–Crippen LogP) is 2.60. The van der Waals surface area contributed by atoms with Crippen LogP contribution < -0.4 is 5.32 Å². The standard InChI is InChI=1S/C15H13N3O2/c1-10-2-3-14(19)13(6-10)17-15(20)11-4-5-18-9-16-8-12(18)7-11/h2-9,19H,1H3,(H,17,20). The minimum absolute atomic E-state index is 0.0504. The highest BCUT2D eigenvalue weighted by Gasteiger charge is 2.10. The van der Waals surface area contributed by atoms with Gasteiger partial charge in [0.2, 0.25) is 0 Å². The predicted molar refractivity (Wildman–Crippen MR) is 76.0 cm³/mol. The largest absolute Gasteiger partial charge is 0.506 e. The van der Waals surface area contributed by atoms with Crippen molar-refractivity contribution in [3.8, 4) is 5.75 Å². The van der Waals surface area contributed by atoms with Crippen molar-refractivity contribution in [1.29, 1.82) is 0 Å². The summed E-state index contributed by atoms with van der Waals surface area (Å²) in [5, 5.41) is 12.4. The van der Waals surface area contributed by atoms with E-state index >= 15 is 0 Å². The van der Waals surface area contributed by atoms with Gasteiger partial charge in [0.15, 0.2) is 0 Å². The molecule has 0 bridgehead atoms. The van der Waals surface area contributed by atoms with Gasteiger partial charge < -0.3 is 14.8 Å². The molecule has 0 saturated heterocycles. The number of nitrogens with zero attached hydrogens (tertiary/aromatic N) is 2. The fraction of sp³-hybridized carbons (Fsp3) is 0.0667. The van der Waals surface area contributed by atoms with Gasteiger partial charge in [0.1, 0.15) is 5.75 Å². The number of imidazole rings is 1. The number of aromatic nitrogens is 2. The lowest BCUT2D eigenvalue weighted by Gasteiger charge is -2.08. The monoisotopic (exact) mass is 267 g/mol. The Morgan fingerprint density at radius 3 is 3.00 bits per heavy atom. The third-order valence-electron chi connectivity index (χ3n) is 3.08. The first-order valence-electron chi connectivity index (χ1n) is 6.16. The van der Waals surface area contributed by atoms with Crippen LogP contribution in [-0.4, -0.2) is 20.4 Å². The molecule has 0 saturated carbocycles. The minimum atomic E-state index is -0.269. The summed E-state index contributed by atoms with van der Waals surface area (Å²) in [5.41, 5.74) is 2.72. The van der Waals surface area contributed by atoms with E-state index in [1.165, 1.54) is 0 Å². The molecule has 0 spiro atoms. The lowest BCUT2D eigenvalue weighted by Crippen LogP contribution is -2.12. The van der Waals surface area contributed by atoms with Crippen molar-refractivity contribution in [1.82, 2.24) is 9.38 Å². The smallest absolute Gasteiger partial charge is 0.255 e. The highest BCUT2D eigenvalue weighted by Crippen LogP contribution is 2.24. The number of phenolic OH excluding ortho intramolecular Hbond substituents is 1. The van der Waals surface area contributed by atoms with Crippen LogP contribution in [0.3, 0.4) is 0 Å². The molecular weight excluding hydrogens is 254 g/mol. The second-order valence-electron chi connectivity index (χ2n) is 4.62. The van der Waals surface area contributed by atoms with Gasteiger partial charge in [-0.25, -0.2) is 4.98 Å². The molecule has 0 unspecified atom stereocenters. The zero-order valence-electron chi connectivity index (χ0n) is 10.9. The Kier molecular flexibility index (Phi) is 2.87. The maximum absolute atomic E-state index is 12.2. The topological polar surface area (TPSA) is 66.6 Å². The Balaban J connectivity index is 1.90. The quantitative estimate of drug-likeness (QED) is 0.701. The van der Waals surface area contributed by atoms with Gasteiger partial charge in [-0.15, -0.1) is 0 Å². The van der Waals surface area contributed by atoms with Crippen LogP contribution in [0.5, 0.6) is 5.75 Å². The zero-order valence-corrected chi connectivity index (χ0v) is 10.9. The average Bonchev–Trinajstić information content (AvgIpc) is 2.90. The molecule has 20 heavy (non-hydrogen) atoms. The number of carbonyl (C=O) groups excluding carboxylic acids is 1. The van der Waals surface area contributed by atoms with Gasteiger partial charge in [0, 0.05) is 11.8 Å². The minimum Gasteiger partial charge on any atom is -0.506 e. The number of phenols is 1. The molecule has 2 aromatic heterocycles. The summed E-state index contributed by atoms with van der Waals surface area (Å²) in [4.78, 5) is 16.2. The highest BCUT2D eigenvalue weighted by molar-refractivity contribution is 6.05. The number of carbonyl (C=O) groups is 1. The molecule has 0 radical (unpaired) electrons. The number of rotatable bonds is 2. The van der Waals surface area contributed by atoms with Crippen molar-refractivity contribution in [3.63, 3.8) is 0 Å². The van der Waals surface area contributed by atoms with Crippen LogP contribution in [0.1, 0.15) is 15.9 Å². The van der Waals surface area contributed by atoms with Crippen molar-refractivity contribution in [2.45, 2.75) is 6.92 Å². The van der Waals surface area contributed by atoms with E-state index in [1.807, 2.05) is 11.3 Å². The van der Waals surface area contributed by atoms with Crippen LogP contribution in [0.15, 0.2) is 49.1 Å². The molecule has 5 heteroatoms. The SMILES string of the molecule is Cc1ccc(O)c(NC(=O)c2ccn3cncc3c2)c1. The van der Waals surface area contributed by atoms with Gasteiger partial charge in [0.25, 0.3) is 5.91 Å². The first-order chi connectivity index (χ1) is 9.63. The van der Waals surface area contributed by atoms with E-state index in [2.05, 4.69) is 10.3 Å². The molecule has 100 valence electrons. The maximum atomic E-state index is 12.2. The number of nitrogens with one attached hydrogen (secondary N) is 1. The Morgan fingerprint density at radius 2 is 2.15 bits per heavy atom. The van der Waals surface area contributed by atoms with E-state index < -0.39 is 0 Å². The first kappa shape index (κ1) is 12.2. The molecule has 3 rings (SSSR count). The van der Waals surface area contributed by atoms with Gasteiger partial charge in [-0.2, -0.15) is 0 Å². The number of hydrogen-bond donors (Lipinski definition) is 2. The zero-order chi connectivity index (χ0) is 14.1. The molecule has 0 aliphatic carbocycles. The van der Waals surface area contributed by atoms with Crippen LogP contribution >= 0.6 is 0 Å². The number of fused-ring (bicyclic) bond motifs is 1. The molecule has 0 atom stereocenters. The molecule has 1 aromatic carbocycles. The van der Waals surface area contributed by atoms with Crippen molar-refractivity contribution < 1.29 is 9.90 Å². The second-order valence-corrected chi connectivity index (χ2v) is 4.62. The van der Waals surface area contributed by atoms with E-state index in [-0.39, 0.29) is 11.7 Å². The van der Waals surface area contributed by atoms with Gasteiger partial charge >= 0.3 is 0 Å². The molecule has 0 fully saturated rings. The Morgan fingerprint density at radius 1 is 1.30 bits per heavy atom. The van der Waals surface area contributed by atoms with Crippen LogP contribution in [0.2, 0.25) is 0 Å². The molecule has 2 N–H and O–H groups in total. The number of anilines is 1. The number of aromatic hydroxyl groups is 1. The maximum Gasteiger partial charge on any atom is 0.255 e. The highest BCUT2D eigenvalue weighted by atomic mass is 16.3. The van der Waals surface area contributed by atoms with Gasteiger partial charge in [-0.05, 0) is 36.8 Å². The number of benzene rings is 1. The van der Waals surface area contributed by atoms with E-state index in [0.29, 0.717) is 11.3 Å². The van der Waals surface area contributed by atoms with Gasteiger partial charge in [-0.1, -0.05) is 6.07 Å². The van der Waals surface area contributed by atoms with Crippen molar-refractivity contribution in [2.75, 3.05) is 5.32 Å². The summed E-state index contributed by atoms with van der Waals surface area (Å²) in [6.07, 6.45) is 5.12. The Labute approximate surface area is 115 Å². The average molecular weight is 267 g/mol. The summed E-state index contributed by atoms with van der Waals surface area (Å²) in [6, 6.07) is 8.52. The third kappa shape index (κ3) is 2.21. The normalized spacial score (nSPS) is 10.7. The van der Waals surface area contributed by atoms with Crippen molar-refractivity contribution in [3.05, 3.63) is 60.2 Å². The molecule has 3 aromatic rings. The lowest BCUT2D eigenvalue weighted by molar-refractivity contribution is 0.102. The molecule has 1 amide bonds. The van der Waals surface area contributed by atoms with Crippen molar-refractivity contribution in [2.24, 2.45) is 0 Å². The van der Waals surface area contributed by atoms with E-state index in [1.54, 1.807) is 49.1 Å². The van der Waals surface area contributed by atoms with Crippen molar-refractivity contribution >= 4 is 17.1 Å². The summed E-state index contributed by atoms with van der Waals surface area (Å²) >= 11 is 0. The fourth-order valence-corrected chi connectivity index (χ4v) is 2.00. The first-order valence-corrected chi connectivity index (χ1v) is 6.16. The van der Waals surface area contributed by atoms with E-state index in [0.717, 1.165) is 11.1 Å². The van der Waals surface area contributed by atoms with E-state index in [4.69, 9.17) is 0 Å². The second kappa shape index (κ2) is 4.70. The fourth-order valence-electron chi connectivity index (χ4n) is 2.00. The Bertz CT molecular complexity index is 793.